The van der Waals surface area contributed by atoms with Crippen molar-refractivity contribution in [3.05, 3.63) is 0 Å². The van der Waals surface area contributed by atoms with Gasteiger partial charge in [0, 0.05) is 6.54 Å². The van der Waals surface area contributed by atoms with Gasteiger partial charge in [-0.15, -0.1) is 0 Å². The molecule has 0 radical (unpaired) electrons. The lowest BCUT2D eigenvalue weighted by Crippen LogP contribution is -2.55. The van der Waals surface area contributed by atoms with Crippen LogP contribution in [0.3, 0.4) is 0 Å². The molecule has 1 unspecified atom stereocenters. The smallest absolute Gasteiger partial charge is 0.286 e. The lowest BCUT2D eigenvalue weighted by atomic mass is 10.1. The molecule has 0 saturated heterocycles. The van der Waals surface area contributed by atoms with Gasteiger partial charge in [-0.3, -0.25) is 9.87 Å². The highest BCUT2D eigenvalue weighted by Crippen LogP contribution is 2.18. The van der Waals surface area contributed by atoms with Crippen LogP contribution in [0.5, 0.6) is 0 Å². The summed E-state index contributed by atoms with van der Waals surface area (Å²) in [5.41, 5.74) is 0. The van der Waals surface area contributed by atoms with Crippen LogP contribution >= 0.6 is 0 Å². The van der Waals surface area contributed by atoms with Crippen LogP contribution in [-0.4, -0.2) is 47.8 Å². The lowest BCUT2D eigenvalue weighted by molar-refractivity contribution is 0.185. The van der Waals surface area contributed by atoms with Gasteiger partial charge in [0.05, 0.1) is 13.2 Å². The Morgan fingerprint density at radius 3 is 2.21 bits per heavy atom. The highest BCUT2D eigenvalue weighted by Gasteiger charge is 2.40. The second-order valence-corrected chi connectivity index (χ2v) is 4.76. The van der Waals surface area contributed by atoms with Gasteiger partial charge in [-0.1, -0.05) is 13.3 Å². The predicted octanol–water partition coefficient (Wildman–Crippen LogP) is -1.06. The van der Waals surface area contributed by atoms with E-state index in [-0.39, 0.29) is 19.6 Å². The van der Waals surface area contributed by atoms with E-state index in [4.69, 9.17) is 14.8 Å². The molecule has 6 nitrogen and oxygen atoms in total. The third kappa shape index (κ3) is 3.18. The van der Waals surface area contributed by atoms with Crippen molar-refractivity contribution in [2.45, 2.75) is 24.6 Å². The first kappa shape index (κ1) is 13.8. The molecule has 0 spiro atoms. The van der Waals surface area contributed by atoms with E-state index in [0.29, 0.717) is 6.42 Å². The van der Waals surface area contributed by atoms with Crippen LogP contribution in [0.15, 0.2) is 0 Å². The molecule has 1 atom stereocenters. The average molecular weight is 227 g/mol. The van der Waals surface area contributed by atoms with E-state index < -0.39 is 21.6 Å². The zero-order valence-electron chi connectivity index (χ0n) is 8.10. The molecule has 0 aromatic heterocycles. The van der Waals surface area contributed by atoms with Gasteiger partial charge >= 0.3 is 0 Å². The summed E-state index contributed by atoms with van der Waals surface area (Å²) in [4.78, 5) is -1.75. The fourth-order valence-corrected chi connectivity index (χ4v) is 2.12. The van der Waals surface area contributed by atoms with Crippen molar-refractivity contribution in [2.75, 3.05) is 19.8 Å². The van der Waals surface area contributed by atoms with Crippen molar-refractivity contribution in [2.24, 2.45) is 0 Å². The molecule has 0 saturated carbocycles. The van der Waals surface area contributed by atoms with E-state index >= 15 is 0 Å². The van der Waals surface area contributed by atoms with E-state index in [1.165, 1.54) is 0 Å². The van der Waals surface area contributed by atoms with E-state index in [9.17, 15) is 8.42 Å². The van der Waals surface area contributed by atoms with Gasteiger partial charge in [0.15, 0.2) is 4.87 Å². The van der Waals surface area contributed by atoms with Gasteiger partial charge in [-0.25, -0.2) is 0 Å². The minimum atomic E-state index is -4.38. The molecule has 4 N–H and O–H groups in total. The standard InChI is InChI=1S/C7H17NO5S/c1-2-3-7(6-10,8-4-5-9)14(11,12)13/h8-10H,2-6H2,1H3,(H,11,12,13). The Morgan fingerprint density at radius 2 is 1.93 bits per heavy atom. The van der Waals surface area contributed by atoms with Crippen molar-refractivity contribution in [3.8, 4) is 0 Å². The molecule has 0 bridgehead atoms. The Kier molecular flexibility index (Phi) is 5.53. The number of aliphatic hydroxyl groups is 2. The number of rotatable bonds is 7. The maximum absolute atomic E-state index is 11.0. The molecule has 0 aromatic rings. The van der Waals surface area contributed by atoms with Crippen LogP contribution < -0.4 is 5.32 Å². The Hall–Kier alpha value is -0.210. The Bertz CT molecular complexity index is 253. The summed E-state index contributed by atoms with van der Waals surface area (Å²) in [6.07, 6.45) is 0.571. The highest BCUT2D eigenvalue weighted by atomic mass is 32.2. The Morgan fingerprint density at radius 1 is 1.36 bits per heavy atom. The average Bonchev–Trinajstić information content (AvgIpc) is 2.10. The van der Waals surface area contributed by atoms with Crippen LogP contribution in [-0.2, 0) is 10.1 Å². The molecule has 0 aliphatic rings. The van der Waals surface area contributed by atoms with Gasteiger partial charge in [0.25, 0.3) is 10.1 Å². The SMILES string of the molecule is CCCC(CO)(NCCO)S(=O)(=O)O. The van der Waals surface area contributed by atoms with Crippen molar-refractivity contribution in [1.29, 1.82) is 0 Å². The number of nitrogens with one attached hydrogen (secondary N) is 1. The van der Waals surface area contributed by atoms with Gasteiger partial charge in [0.1, 0.15) is 0 Å². The minimum Gasteiger partial charge on any atom is -0.395 e. The van der Waals surface area contributed by atoms with Gasteiger partial charge in [-0.2, -0.15) is 8.42 Å². The molecule has 0 amide bonds. The molecule has 7 heteroatoms. The fraction of sp³-hybridized carbons (Fsp3) is 1.00. The zero-order valence-corrected chi connectivity index (χ0v) is 8.92. The first-order chi connectivity index (χ1) is 6.43. The minimum absolute atomic E-state index is 0.000347. The summed E-state index contributed by atoms with van der Waals surface area (Å²) in [6.45, 7) is 0.747. The first-order valence-corrected chi connectivity index (χ1v) is 5.81. The monoisotopic (exact) mass is 227 g/mol. The topological polar surface area (TPSA) is 107 Å². The van der Waals surface area contributed by atoms with Crippen LogP contribution in [0.25, 0.3) is 0 Å². The van der Waals surface area contributed by atoms with Crippen LogP contribution in [0.1, 0.15) is 19.8 Å². The summed E-state index contributed by atoms with van der Waals surface area (Å²) < 4.78 is 31.0. The number of aliphatic hydroxyl groups excluding tert-OH is 2. The second kappa shape index (κ2) is 5.62. The third-order valence-corrected chi connectivity index (χ3v) is 3.43. The molecule has 14 heavy (non-hydrogen) atoms. The number of hydrogen-bond donors (Lipinski definition) is 4. The van der Waals surface area contributed by atoms with Gasteiger partial charge in [-0.05, 0) is 6.42 Å². The van der Waals surface area contributed by atoms with Crippen LogP contribution in [0.4, 0.5) is 0 Å². The normalized spacial score (nSPS) is 16.6. The maximum atomic E-state index is 11.0. The Balaban J connectivity index is 4.79. The summed E-state index contributed by atoms with van der Waals surface area (Å²) in [7, 11) is -4.38. The largest absolute Gasteiger partial charge is 0.395 e. The molecule has 0 aliphatic carbocycles. The van der Waals surface area contributed by atoms with E-state index in [1.807, 2.05) is 0 Å². The first-order valence-electron chi connectivity index (χ1n) is 4.37. The molecular weight excluding hydrogens is 210 g/mol. The van der Waals surface area contributed by atoms with Crippen LogP contribution in [0.2, 0.25) is 0 Å². The summed E-state index contributed by atoms with van der Waals surface area (Å²) in [6, 6.07) is 0. The van der Waals surface area contributed by atoms with Crippen molar-refractivity contribution in [1.82, 2.24) is 5.32 Å². The molecule has 0 rings (SSSR count). The van der Waals surface area contributed by atoms with Crippen LogP contribution in [0, 0.1) is 0 Å². The zero-order chi connectivity index (χ0) is 11.2. The van der Waals surface area contributed by atoms with Crippen molar-refractivity contribution in [3.63, 3.8) is 0 Å². The van der Waals surface area contributed by atoms with Gasteiger partial charge in [0.2, 0.25) is 0 Å². The van der Waals surface area contributed by atoms with E-state index in [2.05, 4.69) is 5.32 Å². The highest BCUT2D eigenvalue weighted by molar-refractivity contribution is 7.87. The van der Waals surface area contributed by atoms with Gasteiger partial charge < -0.3 is 10.2 Å². The molecule has 0 fully saturated rings. The molecule has 0 aromatic carbocycles. The van der Waals surface area contributed by atoms with Crippen molar-refractivity contribution < 1.29 is 23.2 Å². The molecule has 86 valence electrons. The Labute approximate surface area is 83.7 Å². The maximum Gasteiger partial charge on any atom is 0.286 e. The number of hydrogen-bond acceptors (Lipinski definition) is 5. The summed E-state index contributed by atoms with van der Waals surface area (Å²) in [5.74, 6) is 0. The molecule has 0 heterocycles. The summed E-state index contributed by atoms with van der Waals surface area (Å²) >= 11 is 0. The molecule has 0 aliphatic heterocycles. The lowest BCUT2D eigenvalue weighted by Gasteiger charge is -2.29. The summed E-state index contributed by atoms with van der Waals surface area (Å²) in [5, 5.41) is 20.0. The second-order valence-electron chi connectivity index (χ2n) is 3.03. The van der Waals surface area contributed by atoms with E-state index in [1.54, 1.807) is 6.92 Å². The quantitative estimate of drug-likeness (QED) is 0.413. The van der Waals surface area contributed by atoms with E-state index in [0.717, 1.165) is 0 Å². The predicted molar refractivity (Wildman–Crippen MR) is 51.4 cm³/mol. The van der Waals surface area contributed by atoms with Crippen molar-refractivity contribution >= 4 is 10.1 Å². The fourth-order valence-electron chi connectivity index (χ4n) is 1.21. The molecular formula is C7H17NO5S. The third-order valence-electron chi connectivity index (χ3n) is 1.96.